The summed E-state index contributed by atoms with van der Waals surface area (Å²) in [6, 6.07) is 18.4. The van der Waals surface area contributed by atoms with Crippen LogP contribution < -0.4 is 0 Å². The fourth-order valence-electron chi connectivity index (χ4n) is 2.38. The van der Waals surface area contributed by atoms with Crippen LogP contribution in [0.4, 0.5) is 0 Å². The molecule has 3 rings (SSSR count). The van der Waals surface area contributed by atoms with Gasteiger partial charge in [0.25, 0.3) is 0 Å². The lowest BCUT2D eigenvalue weighted by Gasteiger charge is -2.22. The van der Waals surface area contributed by atoms with Crippen molar-refractivity contribution in [3.05, 3.63) is 69.5 Å². The molecule has 1 atom stereocenters. The second-order valence-electron chi connectivity index (χ2n) is 5.23. The van der Waals surface area contributed by atoms with Gasteiger partial charge in [0.2, 0.25) is 0 Å². The Kier molecular flexibility index (Phi) is 3.67. The Morgan fingerprint density at radius 2 is 1.90 bits per heavy atom. The molecule has 20 heavy (non-hydrogen) atoms. The first-order valence-electron chi connectivity index (χ1n) is 6.50. The summed E-state index contributed by atoms with van der Waals surface area (Å²) in [6.45, 7) is 1.89. The molecule has 102 valence electrons. The summed E-state index contributed by atoms with van der Waals surface area (Å²) < 4.78 is 2.26. The quantitative estimate of drug-likeness (QED) is 0.698. The maximum absolute atomic E-state index is 10.8. The van der Waals surface area contributed by atoms with Crippen molar-refractivity contribution in [2.24, 2.45) is 0 Å². The highest BCUT2D eigenvalue weighted by atomic mass is 79.9. The van der Waals surface area contributed by atoms with Gasteiger partial charge >= 0.3 is 0 Å². The molecular weight excluding hydrogens is 332 g/mol. The fraction of sp³-hybridized carbons (Fsp3) is 0.176. The Balaban J connectivity index is 1.94. The summed E-state index contributed by atoms with van der Waals surface area (Å²) in [4.78, 5) is 1.01. The first kappa shape index (κ1) is 13.8. The summed E-state index contributed by atoms with van der Waals surface area (Å²) in [7, 11) is 0. The van der Waals surface area contributed by atoms with Crippen molar-refractivity contribution < 1.29 is 5.11 Å². The number of rotatable bonds is 3. The van der Waals surface area contributed by atoms with Crippen LogP contribution in [0.1, 0.15) is 17.4 Å². The molecule has 0 spiro atoms. The lowest BCUT2D eigenvalue weighted by atomic mass is 9.95. The zero-order valence-electron chi connectivity index (χ0n) is 11.1. The van der Waals surface area contributed by atoms with Crippen LogP contribution in [-0.4, -0.2) is 5.11 Å². The molecule has 0 bridgehead atoms. The van der Waals surface area contributed by atoms with Crippen molar-refractivity contribution in [3.8, 4) is 0 Å². The molecule has 0 fully saturated rings. The molecule has 0 radical (unpaired) electrons. The maximum atomic E-state index is 10.8. The summed E-state index contributed by atoms with van der Waals surface area (Å²) >= 11 is 5.14. The molecule has 3 heteroatoms. The zero-order valence-corrected chi connectivity index (χ0v) is 13.5. The summed E-state index contributed by atoms with van der Waals surface area (Å²) in [6.07, 6.45) is 0.610. The molecule has 0 saturated heterocycles. The summed E-state index contributed by atoms with van der Waals surface area (Å²) in [5.41, 5.74) is 0.284. The highest BCUT2D eigenvalue weighted by Crippen LogP contribution is 2.35. The van der Waals surface area contributed by atoms with Gasteiger partial charge in [0.05, 0.1) is 5.60 Å². The van der Waals surface area contributed by atoms with Gasteiger partial charge in [0, 0.05) is 20.5 Å². The van der Waals surface area contributed by atoms with Crippen LogP contribution in [0, 0.1) is 0 Å². The van der Waals surface area contributed by atoms with E-state index in [1.807, 2.05) is 37.3 Å². The highest BCUT2D eigenvalue weighted by molar-refractivity contribution is 9.10. The van der Waals surface area contributed by atoms with Gasteiger partial charge < -0.3 is 5.11 Å². The van der Waals surface area contributed by atoms with E-state index < -0.39 is 5.60 Å². The van der Waals surface area contributed by atoms with Crippen molar-refractivity contribution in [2.45, 2.75) is 18.9 Å². The maximum Gasteiger partial charge on any atom is 0.1000 e. The van der Waals surface area contributed by atoms with E-state index in [-0.39, 0.29) is 0 Å². The number of aliphatic hydroxyl groups is 1. The SMILES string of the molecule is CC(O)(Cc1cccc(Br)c1)c1cc2ccccc2s1. The standard InChI is InChI=1S/C17H15BrOS/c1-17(19,11-12-5-4-7-14(18)9-12)16-10-13-6-2-3-8-15(13)20-16/h2-10,19H,11H2,1H3. The Morgan fingerprint density at radius 1 is 1.10 bits per heavy atom. The van der Waals surface area contributed by atoms with Gasteiger partial charge in [0.1, 0.15) is 0 Å². The third kappa shape index (κ3) is 2.80. The van der Waals surface area contributed by atoms with Gasteiger partial charge in [-0.3, -0.25) is 0 Å². The molecule has 1 heterocycles. The zero-order chi connectivity index (χ0) is 14.2. The lowest BCUT2D eigenvalue weighted by molar-refractivity contribution is 0.0615. The minimum atomic E-state index is -0.843. The largest absolute Gasteiger partial charge is 0.384 e. The van der Waals surface area contributed by atoms with E-state index >= 15 is 0 Å². The fourth-order valence-corrected chi connectivity index (χ4v) is 3.93. The van der Waals surface area contributed by atoms with Crippen molar-refractivity contribution in [2.75, 3.05) is 0 Å². The van der Waals surface area contributed by atoms with E-state index in [2.05, 4.69) is 40.2 Å². The number of hydrogen-bond acceptors (Lipinski definition) is 2. The summed E-state index contributed by atoms with van der Waals surface area (Å²) in [5, 5.41) is 12.0. The van der Waals surface area contributed by atoms with E-state index in [4.69, 9.17) is 0 Å². The highest BCUT2D eigenvalue weighted by Gasteiger charge is 2.25. The van der Waals surface area contributed by atoms with E-state index in [9.17, 15) is 5.11 Å². The van der Waals surface area contributed by atoms with Crippen molar-refractivity contribution in [1.82, 2.24) is 0 Å². The molecule has 1 aromatic heterocycles. The molecule has 0 amide bonds. The third-order valence-corrected chi connectivity index (χ3v) is 5.26. The smallest absolute Gasteiger partial charge is 0.1000 e. The van der Waals surface area contributed by atoms with Crippen molar-refractivity contribution in [3.63, 3.8) is 0 Å². The van der Waals surface area contributed by atoms with Gasteiger partial charge in [-0.25, -0.2) is 0 Å². The van der Waals surface area contributed by atoms with E-state index in [1.165, 1.54) is 10.1 Å². The summed E-state index contributed by atoms with van der Waals surface area (Å²) in [5.74, 6) is 0. The molecule has 1 N–H and O–H groups in total. The monoisotopic (exact) mass is 346 g/mol. The molecular formula is C17H15BrOS. The number of fused-ring (bicyclic) bond motifs is 1. The van der Waals surface area contributed by atoms with Crippen LogP contribution >= 0.6 is 27.3 Å². The van der Waals surface area contributed by atoms with Crippen LogP contribution in [-0.2, 0) is 12.0 Å². The van der Waals surface area contributed by atoms with Crippen molar-refractivity contribution in [1.29, 1.82) is 0 Å². The lowest BCUT2D eigenvalue weighted by Crippen LogP contribution is -2.22. The second-order valence-corrected chi connectivity index (χ2v) is 7.23. The third-order valence-electron chi connectivity index (χ3n) is 3.39. The molecule has 2 aromatic carbocycles. The minimum Gasteiger partial charge on any atom is -0.384 e. The first-order chi connectivity index (χ1) is 9.54. The average Bonchev–Trinajstić information content (AvgIpc) is 2.82. The van der Waals surface area contributed by atoms with Gasteiger partial charge in [-0.2, -0.15) is 0 Å². The normalized spacial score (nSPS) is 14.3. The first-order valence-corrected chi connectivity index (χ1v) is 8.11. The number of halogens is 1. The predicted octanol–water partition coefficient (Wildman–Crippen LogP) is 5.11. The topological polar surface area (TPSA) is 20.2 Å². The molecule has 0 aliphatic carbocycles. The Morgan fingerprint density at radius 3 is 2.65 bits per heavy atom. The van der Waals surface area contributed by atoms with Crippen LogP contribution in [0.25, 0.3) is 10.1 Å². The second kappa shape index (κ2) is 5.32. The van der Waals surface area contributed by atoms with E-state index in [0.29, 0.717) is 6.42 Å². The van der Waals surface area contributed by atoms with E-state index in [1.54, 1.807) is 11.3 Å². The van der Waals surface area contributed by atoms with Crippen LogP contribution in [0.5, 0.6) is 0 Å². The van der Waals surface area contributed by atoms with Crippen LogP contribution in [0.2, 0.25) is 0 Å². The van der Waals surface area contributed by atoms with Crippen molar-refractivity contribution >= 4 is 37.4 Å². The van der Waals surface area contributed by atoms with Gasteiger partial charge in [0.15, 0.2) is 0 Å². The minimum absolute atomic E-state index is 0.610. The molecule has 1 nitrogen and oxygen atoms in total. The number of benzene rings is 2. The Bertz CT molecular complexity index is 712. The molecule has 3 aromatic rings. The molecule has 0 saturated carbocycles. The van der Waals surface area contributed by atoms with Gasteiger partial charge in [-0.05, 0) is 42.1 Å². The molecule has 0 aliphatic rings. The van der Waals surface area contributed by atoms with Crippen LogP contribution in [0.15, 0.2) is 59.1 Å². The van der Waals surface area contributed by atoms with Gasteiger partial charge in [-0.15, -0.1) is 11.3 Å². The number of thiophene rings is 1. The number of hydrogen-bond donors (Lipinski definition) is 1. The Labute approximate surface area is 131 Å². The molecule has 0 aliphatic heterocycles. The molecule has 1 unspecified atom stereocenters. The van der Waals surface area contributed by atoms with E-state index in [0.717, 1.165) is 14.9 Å². The average molecular weight is 347 g/mol. The Hall–Kier alpha value is -1.16. The van der Waals surface area contributed by atoms with Gasteiger partial charge in [-0.1, -0.05) is 46.3 Å². The van der Waals surface area contributed by atoms with Crippen LogP contribution in [0.3, 0.4) is 0 Å². The predicted molar refractivity (Wildman–Crippen MR) is 89.2 cm³/mol.